The summed E-state index contributed by atoms with van der Waals surface area (Å²) < 4.78 is 1.09. The van der Waals surface area contributed by atoms with Gasteiger partial charge < -0.3 is 0 Å². The minimum Gasteiger partial charge on any atom is -0.0985 e. The van der Waals surface area contributed by atoms with Crippen molar-refractivity contribution in [2.75, 3.05) is 0 Å². The fraction of sp³-hybridized carbons (Fsp3) is 0.0769. The lowest BCUT2D eigenvalue weighted by atomic mass is 9.85. The summed E-state index contributed by atoms with van der Waals surface area (Å²) in [5.74, 6) is 0. The van der Waals surface area contributed by atoms with Gasteiger partial charge in [-0.1, -0.05) is 111 Å². The van der Waals surface area contributed by atoms with E-state index in [4.69, 9.17) is 0 Å². The van der Waals surface area contributed by atoms with Crippen molar-refractivity contribution in [3.63, 3.8) is 0 Å². The topological polar surface area (TPSA) is 0 Å². The molecule has 0 bridgehead atoms. The molecule has 0 radical (unpaired) electrons. The second-order valence-corrected chi connectivity index (χ2v) is 9.22. The molecule has 4 rings (SSSR count). The van der Waals surface area contributed by atoms with Gasteiger partial charge in [0.05, 0.1) is 0 Å². The zero-order chi connectivity index (χ0) is 19.7. The molecule has 138 valence electrons. The predicted molar refractivity (Wildman–Crippen MR) is 131 cm³/mol. The van der Waals surface area contributed by atoms with Gasteiger partial charge in [-0.25, -0.2) is 0 Å². The molecule has 4 aromatic carbocycles. The number of benzene rings is 4. The van der Waals surface area contributed by atoms with Crippen molar-refractivity contribution >= 4 is 59.0 Å². The maximum Gasteiger partial charge on any atom is 0.0306 e. The van der Waals surface area contributed by atoms with Gasteiger partial charge in [0.15, 0.2) is 0 Å². The molecule has 0 aliphatic carbocycles. The summed E-state index contributed by atoms with van der Waals surface area (Å²) in [7, 11) is 0. The van der Waals surface area contributed by atoms with E-state index in [9.17, 15) is 0 Å². The Bertz CT molecular complexity index is 1160. The van der Waals surface area contributed by atoms with Crippen LogP contribution in [0, 0.1) is 0 Å². The second kappa shape index (κ2) is 8.06. The van der Waals surface area contributed by atoms with Crippen LogP contribution in [0.25, 0.3) is 38.2 Å². The monoisotopic (exact) mass is 490 g/mol. The number of rotatable bonds is 4. The molecule has 0 saturated carbocycles. The first-order chi connectivity index (χ1) is 13.6. The third-order valence-electron chi connectivity index (χ3n) is 4.96. The summed E-state index contributed by atoms with van der Waals surface area (Å²) in [6.45, 7) is 6.23. The normalized spacial score (nSPS) is 13.0. The van der Waals surface area contributed by atoms with Crippen molar-refractivity contribution in [3.8, 4) is 11.1 Å². The van der Waals surface area contributed by atoms with Gasteiger partial charge in [-0.3, -0.25) is 0 Å². The average molecular weight is 492 g/mol. The zero-order valence-corrected chi connectivity index (χ0v) is 18.8. The Hall–Kier alpha value is -2.16. The summed E-state index contributed by atoms with van der Waals surface area (Å²) in [5, 5.41) is 5.00. The van der Waals surface area contributed by atoms with Gasteiger partial charge in [0, 0.05) is 9.30 Å². The van der Waals surface area contributed by atoms with Crippen molar-refractivity contribution in [3.05, 3.63) is 102 Å². The third-order valence-corrected chi connectivity index (χ3v) is 5.72. The van der Waals surface area contributed by atoms with Gasteiger partial charge in [-0.15, -0.1) is 0 Å². The summed E-state index contributed by atoms with van der Waals surface area (Å²) in [4.78, 5) is 0.266. The van der Waals surface area contributed by atoms with E-state index < -0.39 is 0 Å². The molecular formula is C26H20Br2. The zero-order valence-electron chi connectivity index (χ0n) is 15.6. The summed E-state index contributed by atoms with van der Waals surface area (Å²) in [5.41, 5.74) is 4.88. The van der Waals surface area contributed by atoms with E-state index >= 15 is 0 Å². The van der Waals surface area contributed by atoms with Crippen LogP contribution in [0.3, 0.4) is 0 Å². The molecule has 0 fully saturated rings. The summed E-state index contributed by atoms with van der Waals surface area (Å²) >= 11 is 7.31. The molecule has 0 aliphatic rings. The quantitative estimate of drug-likeness (QED) is 0.152. The van der Waals surface area contributed by atoms with Crippen molar-refractivity contribution in [2.24, 2.45) is 0 Å². The fourth-order valence-corrected chi connectivity index (χ4v) is 4.58. The van der Waals surface area contributed by atoms with E-state index in [2.05, 4.69) is 124 Å². The molecule has 0 aromatic heterocycles. The van der Waals surface area contributed by atoms with E-state index in [1.165, 1.54) is 38.2 Å². The molecule has 0 saturated heterocycles. The Kier molecular flexibility index (Phi) is 5.52. The summed E-state index contributed by atoms with van der Waals surface area (Å²) in [6, 6.07) is 25.9. The number of fused-ring (bicyclic) bond motifs is 2. The predicted octanol–water partition coefficient (Wildman–Crippen LogP) is 8.78. The van der Waals surface area contributed by atoms with Crippen LogP contribution in [0.5, 0.6) is 0 Å². The Balaban J connectivity index is 2.22. The fourth-order valence-electron chi connectivity index (χ4n) is 3.90. The van der Waals surface area contributed by atoms with Crippen LogP contribution >= 0.6 is 31.9 Å². The minimum absolute atomic E-state index is 0.266. The van der Waals surface area contributed by atoms with Crippen LogP contribution in [0.1, 0.15) is 12.5 Å². The Labute approximate surface area is 182 Å². The number of hydrogen-bond donors (Lipinski definition) is 0. The lowest BCUT2D eigenvalue weighted by Gasteiger charge is -2.18. The first-order valence-electron chi connectivity index (χ1n) is 9.28. The number of alkyl halides is 1. The molecule has 2 heteroatoms. The minimum atomic E-state index is 0.266. The van der Waals surface area contributed by atoms with Crippen molar-refractivity contribution in [1.82, 2.24) is 0 Å². The maximum absolute atomic E-state index is 4.10. The van der Waals surface area contributed by atoms with E-state index in [1.807, 2.05) is 6.08 Å². The maximum atomic E-state index is 4.10. The van der Waals surface area contributed by atoms with Crippen molar-refractivity contribution in [2.45, 2.75) is 11.8 Å². The lowest BCUT2D eigenvalue weighted by Crippen LogP contribution is -1.94. The molecule has 0 heterocycles. The van der Waals surface area contributed by atoms with E-state index in [-0.39, 0.29) is 4.83 Å². The van der Waals surface area contributed by atoms with Gasteiger partial charge in [-0.2, -0.15) is 0 Å². The van der Waals surface area contributed by atoms with E-state index in [0.29, 0.717) is 0 Å². The van der Waals surface area contributed by atoms with E-state index in [0.717, 1.165) is 10.0 Å². The lowest BCUT2D eigenvalue weighted by molar-refractivity contribution is 1.28. The van der Waals surface area contributed by atoms with Gasteiger partial charge in [0.2, 0.25) is 0 Å². The summed E-state index contributed by atoms with van der Waals surface area (Å²) in [6.07, 6.45) is 4.19. The van der Waals surface area contributed by atoms with Gasteiger partial charge in [-0.05, 0) is 62.9 Å². The highest BCUT2D eigenvalue weighted by atomic mass is 79.9. The average Bonchev–Trinajstić information content (AvgIpc) is 2.70. The third kappa shape index (κ3) is 3.47. The van der Waals surface area contributed by atoms with Crippen LogP contribution in [0.15, 0.2) is 96.0 Å². The van der Waals surface area contributed by atoms with Crippen LogP contribution in [-0.2, 0) is 0 Å². The van der Waals surface area contributed by atoms with Crippen LogP contribution < -0.4 is 0 Å². The van der Waals surface area contributed by atoms with E-state index in [1.54, 1.807) is 0 Å². The highest BCUT2D eigenvalue weighted by Gasteiger charge is 2.16. The molecule has 0 nitrogen and oxygen atoms in total. The van der Waals surface area contributed by atoms with Crippen molar-refractivity contribution in [1.29, 1.82) is 0 Å². The SMILES string of the molecule is C=C/C(=C\C(C)Br)c1c2ccccc2c(-c2cccc(Br)c2)c2ccccc12. The molecule has 28 heavy (non-hydrogen) atoms. The number of allylic oxidation sites excluding steroid dienone is 3. The van der Waals surface area contributed by atoms with Crippen LogP contribution in [0.2, 0.25) is 0 Å². The molecule has 0 spiro atoms. The molecule has 0 aliphatic heterocycles. The highest BCUT2D eigenvalue weighted by molar-refractivity contribution is 9.10. The van der Waals surface area contributed by atoms with Gasteiger partial charge in [0.25, 0.3) is 0 Å². The largest absolute Gasteiger partial charge is 0.0985 e. The van der Waals surface area contributed by atoms with Crippen molar-refractivity contribution < 1.29 is 0 Å². The van der Waals surface area contributed by atoms with Crippen LogP contribution in [0.4, 0.5) is 0 Å². The second-order valence-electron chi connectivity index (χ2n) is 6.86. The molecule has 4 aromatic rings. The molecule has 1 atom stereocenters. The number of hydrogen-bond acceptors (Lipinski definition) is 0. The van der Waals surface area contributed by atoms with Gasteiger partial charge in [0.1, 0.15) is 0 Å². The number of halogens is 2. The van der Waals surface area contributed by atoms with Crippen LogP contribution in [-0.4, -0.2) is 4.83 Å². The standard InChI is InChI=1S/C26H20Br2/c1-3-18(15-17(2)27)25-21-11-4-6-13-23(21)26(19-9-8-10-20(28)16-19)24-14-7-5-12-22(24)25/h3-17H,1H2,2H3/b18-15+. The van der Waals surface area contributed by atoms with Gasteiger partial charge >= 0.3 is 0 Å². The molecule has 0 amide bonds. The first kappa shape index (κ1) is 19.2. The first-order valence-corrected chi connectivity index (χ1v) is 11.0. The molecular weight excluding hydrogens is 472 g/mol. The molecule has 1 unspecified atom stereocenters. The molecule has 0 N–H and O–H groups in total. The highest BCUT2D eigenvalue weighted by Crippen LogP contribution is 2.42. The smallest absolute Gasteiger partial charge is 0.0306 e. The Morgan fingerprint density at radius 3 is 1.93 bits per heavy atom. The Morgan fingerprint density at radius 1 is 0.857 bits per heavy atom. The Morgan fingerprint density at radius 2 is 1.43 bits per heavy atom.